The molecule has 0 radical (unpaired) electrons. The van der Waals surface area contributed by atoms with Crippen molar-refractivity contribution < 1.29 is 4.79 Å². The van der Waals surface area contributed by atoms with Crippen LogP contribution >= 0.6 is 0 Å². The topological polar surface area (TPSA) is 74.2 Å². The Labute approximate surface area is 164 Å². The van der Waals surface area contributed by atoms with Crippen LogP contribution < -0.4 is 5.32 Å². The van der Waals surface area contributed by atoms with Gasteiger partial charge in [0.1, 0.15) is 0 Å². The highest BCUT2D eigenvalue weighted by atomic mass is 16.2. The molecule has 1 aliphatic rings. The van der Waals surface area contributed by atoms with Crippen molar-refractivity contribution in [3.8, 4) is 0 Å². The molecule has 144 valence electrons. The molecule has 3 aromatic rings. The number of nitrogens with zero attached hydrogens (tertiary/aromatic N) is 5. The molecule has 1 fully saturated rings. The first-order valence-electron chi connectivity index (χ1n) is 9.59. The van der Waals surface area contributed by atoms with Gasteiger partial charge in [-0.25, -0.2) is 4.79 Å². The second kappa shape index (κ2) is 8.31. The molecule has 7 nitrogen and oxygen atoms in total. The van der Waals surface area contributed by atoms with Crippen molar-refractivity contribution in [2.45, 2.75) is 19.9 Å². The number of anilines is 1. The van der Waals surface area contributed by atoms with E-state index in [-0.39, 0.29) is 6.03 Å². The van der Waals surface area contributed by atoms with Gasteiger partial charge in [0.25, 0.3) is 0 Å². The van der Waals surface area contributed by atoms with E-state index in [0.29, 0.717) is 6.54 Å². The van der Waals surface area contributed by atoms with Gasteiger partial charge < -0.3 is 10.2 Å². The summed E-state index contributed by atoms with van der Waals surface area (Å²) < 4.78 is 0. The Morgan fingerprint density at radius 2 is 1.93 bits per heavy atom. The molecule has 1 saturated heterocycles. The summed E-state index contributed by atoms with van der Waals surface area (Å²) in [4.78, 5) is 21.2. The lowest BCUT2D eigenvalue weighted by Gasteiger charge is -2.22. The van der Waals surface area contributed by atoms with Gasteiger partial charge in [-0.3, -0.25) is 9.88 Å². The van der Waals surface area contributed by atoms with Gasteiger partial charge in [0.15, 0.2) is 0 Å². The van der Waals surface area contributed by atoms with Crippen LogP contribution in [0.5, 0.6) is 0 Å². The first kappa shape index (κ1) is 18.3. The van der Waals surface area contributed by atoms with E-state index in [2.05, 4.69) is 25.4 Å². The molecule has 0 aliphatic carbocycles. The lowest BCUT2D eigenvalue weighted by Crippen LogP contribution is -2.38. The molecule has 4 rings (SSSR count). The summed E-state index contributed by atoms with van der Waals surface area (Å²) >= 11 is 0. The number of carbonyl (C=O) groups is 1. The average molecular weight is 376 g/mol. The predicted octanol–water partition coefficient (Wildman–Crippen LogP) is 3.07. The Morgan fingerprint density at radius 1 is 1.07 bits per heavy atom. The zero-order valence-electron chi connectivity index (χ0n) is 16.0. The van der Waals surface area contributed by atoms with Crippen molar-refractivity contribution in [2.75, 3.05) is 31.5 Å². The van der Waals surface area contributed by atoms with Crippen LogP contribution in [0, 0.1) is 6.92 Å². The highest BCUT2D eigenvalue weighted by Crippen LogP contribution is 2.22. The molecule has 3 heterocycles. The quantitative estimate of drug-likeness (QED) is 0.760. The van der Waals surface area contributed by atoms with Crippen molar-refractivity contribution in [3.63, 3.8) is 0 Å². The maximum absolute atomic E-state index is 12.9. The molecule has 1 aliphatic heterocycles. The van der Waals surface area contributed by atoms with Gasteiger partial charge in [-0.05, 0) is 49.2 Å². The minimum Gasteiger partial charge on any atom is -0.323 e. The Hall–Kier alpha value is -3.06. The van der Waals surface area contributed by atoms with Crippen molar-refractivity contribution >= 4 is 22.6 Å². The number of hydrogen-bond donors (Lipinski definition) is 1. The smallest absolute Gasteiger partial charge is 0.321 e. The number of carbonyl (C=O) groups excluding carboxylic acids is 1. The summed E-state index contributed by atoms with van der Waals surface area (Å²) in [6, 6.07) is 11.7. The summed E-state index contributed by atoms with van der Waals surface area (Å²) in [5.41, 5.74) is 3.64. The second-order valence-corrected chi connectivity index (χ2v) is 7.13. The number of hydrogen-bond acceptors (Lipinski definition) is 5. The molecular weight excluding hydrogens is 352 g/mol. The Kier molecular flexibility index (Phi) is 5.43. The molecule has 0 atom stereocenters. The number of rotatable bonds is 3. The van der Waals surface area contributed by atoms with Gasteiger partial charge in [0, 0.05) is 50.5 Å². The molecule has 7 heteroatoms. The highest BCUT2D eigenvalue weighted by Gasteiger charge is 2.20. The fraction of sp³-hybridized carbons (Fsp3) is 0.333. The number of urea groups is 1. The van der Waals surface area contributed by atoms with E-state index in [1.54, 1.807) is 0 Å². The van der Waals surface area contributed by atoms with Gasteiger partial charge in [0.2, 0.25) is 0 Å². The van der Waals surface area contributed by atoms with Gasteiger partial charge >= 0.3 is 6.03 Å². The van der Waals surface area contributed by atoms with Crippen molar-refractivity contribution in [3.05, 3.63) is 60.0 Å². The van der Waals surface area contributed by atoms with Crippen LogP contribution in [0.25, 0.3) is 10.9 Å². The lowest BCUT2D eigenvalue weighted by molar-refractivity contribution is 0.211. The van der Waals surface area contributed by atoms with Gasteiger partial charge in [0.05, 0.1) is 16.9 Å². The van der Waals surface area contributed by atoms with Crippen LogP contribution in [0.3, 0.4) is 0 Å². The molecule has 28 heavy (non-hydrogen) atoms. The SMILES string of the molecule is Cc1cc2c(NC(=O)N3CCCN(Cc4ccncc4)CC3)cccc2nn1. The number of amides is 2. The monoisotopic (exact) mass is 376 g/mol. The van der Waals surface area contributed by atoms with Crippen LogP contribution in [0.1, 0.15) is 17.7 Å². The summed E-state index contributed by atoms with van der Waals surface area (Å²) in [6.45, 7) is 6.09. The standard InChI is InChI=1S/C21H24N6O/c1-16-14-18-19(4-2-5-20(18)25-24-16)23-21(28)27-11-3-10-26(12-13-27)15-17-6-8-22-9-7-17/h2,4-9,14H,3,10-13,15H2,1H3,(H,23,28). The van der Waals surface area contributed by atoms with E-state index in [4.69, 9.17) is 0 Å². The third kappa shape index (κ3) is 4.26. The number of aromatic nitrogens is 3. The van der Waals surface area contributed by atoms with Gasteiger partial charge in [-0.2, -0.15) is 10.2 Å². The minimum absolute atomic E-state index is 0.0623. The van der Waals surface area contributed by atoms with Crippen LogP contribution in [0.2, 0.25) is 0 Å². The summed E-state index contributed by atoms with van der Waals surface area (Å²) in [5.74, 6) is 0. The Bertz CT molecular complexity index is 962. The molecule has 0 bridgehead atoms. The number of fused-ring (bicyclic) bond motifs is 1. The van der Waals surface area contributed by atoms with Crippen molar-refractivity contribution in [2.24, 2.45) is 0 Å². The molecule has 2 amide bonds. The van der Waals surface area contributed by atoms with E-state index < -0.39 is 0 Å². The maximum Gasteiger partial charge on any atom is 0.321 e. The van der Waals surface area contributed by atoms with E-state index in [1.165, 1.54) is 5.56 Å². The highest BCUT2D eigenvalue weighted by molar-refractivity contribution is 6.00. The largest absolute Gasteiger partial charge is 0.323 e. The zero-order chi connectivity index (χ0) is 19.3. The summed E-state index contributed by atoms with van der Waals surface area (Å²) in [7, 11) is 0. The van der Waals surface area contributed by atoms with Gasteiger partial charge in [-0.15, -0.1) is 0 Å². The summed E-state index contributed by atoms with van der Waals surface area (Å²) in [6.07, 6.45) is 4.60. The first-order valence-corrected chi connectivity index (χ1v) is 9.59. The third-order valence-corrected chi connectivity index (χ3v) is 5.02. The number of aryl methyl sites for hydroxylation is 1. The molecule has 0 spiro atoms. The van der Waals surface area contributed by atoms with Crippen molar-refractivity contribution in [1.82, 2.24) is 25.0 Å². The molecule has 1 aromatic carbocycles. The fourth-order valence-electron chi connectivity index (χ4n) is 3.54. The number of pyridine rings is 1. The number of nitrogens with one attached hydrogen (secondary N) is 1. The van der Waals surface area contributed by atoms with Crippen LogP contribution in [-0.2, 0) is 6.54 Å². The lowest BCUT2D eigenvalue weighted by atomic mass is 10.2. The van der Waals surface area contributed by atoms with Crippen LogP contribution in [-0.4, -0.2) is 57.2 Å². The number of benzene rings is 1. The zero-order valence-corrected chi connectivity index (χ0v) is 16.0. The van der Waals surface area contributed by atoms with Gasteiger partial charge in [-0.1, -0.05) is 6.07 Å². The van der Waals surface area contributed by atoms with E-state index >= 15 is 0 Å². The molecule has 0 unspecified atom stereocenters. The predicted molar refractivity (Wildman–Crippen MR) is 109 cm³/mol. The van der Waals surface area contributed by atoms with Crippen LogP contribution in [0.15, 0.2) is 48.8 Å². The Balaban J connectivity index is 1.41. The van der Waals surface area contributed by atoms with E-state index in [1.807, 2.05) is 60.6 Å². The Morgan fingerprint density at radius 3 is 2.79 bits per heavy atom. The molecule has 1 N–H and O–H groups in total. The van der Waals surface area contributed by atoms with Crippen molar-refractivity contribution in [1.29, 1.82) is 0 Å². The molecular formula is C21H24N6O. The van der Waals surface area contributed by atoms with E-state index in [9.17, 15) is 4.79 Å². The fourth-order valence-corrected chi connectivity index (χ4v) is 3.54. The molecule has 2 aromatic heterocycles. The normalized spacial score (nSPS) is 15.4. The second-order valence-electron chi connectivity index (χ2n) is 7.13. The first-order chi connectivity index (χ1) is 13.7. The van der Waals surface area contributed by atoms with Crippen LogP contribution in [0.4, 0.5) is 10.5 Å². The maximum atomic E-state index is 12.9. The minimum atomic E-state index is -0.0623. The summed E-state index contributed by atoms with van der Waals surface area (Å²) in [5, 5.41) is 12.3. The third-order valence-electron chi connectivity index (χ3n) is 5.02. The average Bonchev–Trinajstić information content (AvgIpc) is 2.95. The molecule has 0 saturated carbocycles. The van der Waals surface area contributed by atoms with E-state index in [0.717, 1.165) is 54.9 Å².